The van der Waals surface area contributed by atoms with Gasteiger partial charge in [0.1, 0.15) is 11.6 Å². The Labute approximate surface area is 105 Å². The van der Waals surface area contributed by atoms with Crippen LogP contribution in [0.1, 0.15) is 46.1 Å². The average molecular weight is 240 g/mol. The van der Waals surface area contributed by atoms with Crippen LogP contribution in [0.25, 0.3) is 0 Å². The van der Waals surface area contributed by atoms with E-state index in [-0.39, 0.29) is 5.82 Å². The summed E-state index contributed by atoms with van der Waals surface area (Å²) in [7, 11) is 0. The van der Waals surface area contributed by atoms with Gasteiger partial charge < -0.3 is 4.74 Å². The molecule has 98 valence electrons. The van der Waals surface area contributed by atoms with Crippen LogP contribution in [0.2, 0.25) is 0 Å². The lowest BCUT2D eigenvalue weighted by molar-refractivity contribution is 0.299. The smallest absolute Gasteiger partial charge is 0.126 e. The number of benzene rings is 1. The molecule has 0 atom stereocenters. The van der Waals surface area contributed by atoms with Gasteiger partial charge in [-0.3, -0.25) is 0 Å². The van der Waals surface area contributed by atoms with E-state index >= 15 is 0 Å². The quantitative estimate of drug-likeness (QED) is 0.724. The van der Waals surface area contributed by atoms with Crippen LogP contribution in [-0.4, -0.2) is 6.61 Å². The van der Waals surface area contributed by atoms with Crippen LogP contribution in [0, 0.1) is 18.7 Å². The average Bonchev–Trinajstić information content (AvgIpc) is 3.20. The van der Waals surface area contributed by atoms with Gasteiger partial charge in [-0.1, -0.05) is 27.7 Å². The van der Waals surface area contributed by atoms with Crippen molar-refractivity contribution < 1.29 is 9.13 Å². The Hall–Kier alpha value is -1.05. The molecule has 0 aromatic heterocycles. The van der Waals surface area contributed by atoms with E-state index < -0.39 is 0 Å². The fraction of sp³-hybridized carbons (Fsp3) is 0.600. The fourth-order valence-corrected chi connectivity index (χ4v) is 1.21. The maximum absolute atomic E-state index is 12.9. The molecule has 1 aliphatic rings. The standard InChI is InChI=1S/C11H13FO.2C2H6/c1-8-6-10(4-5-11(8)12)13-7-9-2-3-9;2*1-2/h4-6,9H,2-3,7H2,1H3;2*1-2H3. The lowest BCUT2D eigenvalue weighted by Gasteiger charge is -2.05. The molecule has 0 amide bonds. The molecule has 1 nitrogen and oxygen atoms in total. The van der Waals surface area contributed by atoms with Crippen molar-refractivity contribution >= 4 is 0 Å². The second kappa shape index (κ2) is 9.03. The molecule has 0 heterocycles. The Kier molecular flexibility index (Phi) is 8.47. The Morgan fingerprint density at radius 2 is 1.76 bits per heavy atom. The van der Waals surface area contributed by atoms with Crippen molar-refractivity contribution in [2.45, 2.75) is 47.5 Å². The molecule has 0 aliphatic heterocycles. The molecule has 1 aromatic rings. The summed E-state index contributed by atoms with van der Waals surface area (Å²) >= 11 is 0. The summed E-state index contributed by atoms with van der Waals surface area (Å²) in [6.45, 7) is 10.5. The molecule has 0 saturated heterocycles. The monoisotopic (exact) mass is 240 g/mol. The second-order valence-corrected chi connectivity index (χ2v) is 3.67. The van der Waals surface area contributed by atoms with E-state index in [0.717, 1.165) is 18.3 Å². The zero-order valence-electron chi connectivity index (χ0n) is 11.7. The number of hydrogen-bond acceptors (Lipinski definition) is 1. The zero-order chi connectivity index (χ0) is 13.3. The first kappa shape index (κ1) is 16.0. The normalized spacial score (nSPS) is 12.8. The highest BCUT2D eigenvalue weighted by Crippen LogP contribution is 2.29. The van der Waals surface area contributed by atoms with Gasteiger partial charge >= 0.3 is 0 Å². The topological polar surface area (TPSA) is 9.23 Å². The fourth-order valence-electron chi connectivity index (χ4n) is 1.21. The van der Waals surface area contributed by atoms with Gasteiger partial charge in [0.25, 0.3) is 0 Å². The lowest BCUT2D eigenvalue weighted by Crippen LogP contribution is -1.99. The van der Waals surface area contributed by atoms with E-state index in [1.54, 1.807) is 19.1 Å². The molecule has 1 aromatic carbocycles. The minimum Gasteiger partial charge on any atom is -0.493 e. The van der Waals surface area contributed by atoms with Crippen molar-refractivity contribution in [3.8, 4) is 5.75 Å². The number of aryl methyl sites for hydroxylation is 1. The van der Waals surface area contributed by atoms with Crippen molar-refractivity contribution in [2.24, 2.45) is 5.92 Å². The molecule has 1 fully saturated rings. The Bertz CT molecular complexity index is 306. The predicted molar refractivity (Wildman–Crippen MR) is 72.1 cm³/mol. The van der Waals surface area contributed by atoms with E-state index in [4.69, 9.17) is 4.74 Å². The first-order chi connectivity index (χ1) is 8.25. The molecule has 17 heavy (non-hydrogen) atoms. The van der Waals surface area contributed by atoms with Gasteiger partial charge in [0.2, 0.25) is 0 Å². The van der Waals surface area contributed by atoms with E-state index in [2.05, 4.69) is 0 Å². The summed E-state index contributed by atoms with van der Waals surface area (Å²) < 4.78 is 18.4. The third-order valence-electron chi connectivity index (χ3n) is 2.31. The van der Waals surface area contributed by atoms with Gasteiger partial charge in [-0.05, 0) is 49.4 Å². The van der Waals surface area contributed by atoms with E-state index in [1.807, 2.05) is 27.7 Å². The summed E-state index contributed by atoms with van der Waals surface area (Å²) in [5, 5.41) is 0. The predicted octanol–water partition coefficient (Wildman–Crippen LogP) is 4.98. The molecule has 0 spiro atoms. The summed E-state index contributed by atoms with van der Waals surface area (Å²) in [5.74, 6) is 1.36. The lowest BCUT2D eigenvalue weighted by atomic mass is 10.2. The molecule has 0 bridgehead atoms. The summed E-state index contributed by atoms with van der Waals surface area (Å²) in [4.78, 5) is 0. The van der Waals surface area contributed by atoms with Gasteiger partial charge in [-0.2, -0.15) is 0 Å². The molecular formula is C15H25FO. The van der Waals surface area contributed by atoms with E-state index in [0.29, 0.717) is 5.56 Å². The first-order valence-electron chi connectivity index (χ1n) is 6.64. The molecule has 2 heteroatoms. The molecule has 0 unspecified atom stereocenters. The molecular weight excluding hydrogens is 215 g/mol. The Morgan fingerprint density at radius 3 is 2.24 bits per heavy atom. The molecule has 1 aliphatic carbocycles. The number of hydrogen-bond donors (Lipinski definition) is 0. The summed E-state index contributed by atoms with van der Waals surface area (Å²) in [6, 6.07) is 4.89. The number of halogens is 1. The SMILES string of the molecule is CC.CC.Cc1cc(OCC2CC2)ccc1F. The van der Waals surface area contributed by atoms with Crippen LogP contribution in [0.3, 0.4) is 0 Å². The van der Waals surface area contributed by atoms with E-state index in [9.17, 15) is 4.39 Å². The van der Waals surface area contributed by atoms with Crippen LogP contribution in [0.5, 0.6) is 5.75 Å². The number of rotatable bonds is 3. The largest absolute Gasteiger partial charge is 0.493 e. The maximum Gasteiger partial charge on any atom is 0.126 e. The van der Waals surface area contributed by atoms with Gasteiger partial charge in [-0.25, -0.2) is 4.39 Å². The highest BCUT2D eigenvalue weighted by Gasteiger charge is 2.21. The van der Waals surface area contributed by atoms with Crippen LogP contribution in [0.15, 0.2) is 18.2 Å². The Morgan fingerprint density at radius 1 is 1.18 bits per heavy atom. The van der Waals surface area contributed by atoms with Crippen molar-refractivity contribution in [1.82, 2.24) is 0 Å². The molecule has 0 N–H and O–H groups in total. The third kappa shape index (κ3) is 6.30. The third-order valence-corrected chi connectivity index (χ3v) is 2.31. The molecule has 0 radical (unpaired) electrons. The summed E-state index contributed by atoms with van der Waals surface area (Å²) in [5.41, 5.74) is 0.647. The van der Waals surface area contributed by atoms with Crippen LogP contribution in [-0.2, 0) is 0 Å². The van der Waals surface area contributed by atoms with Gasteiger partial charge in [-0.15, -0.1) is 0 Å². The minimum absolute atomic E-state index is 0.168. The van der Waals surface area contributed by atoms with E-state index in [1.165, 1.54) is 18.9 Å². The molecule has 1 saturated carbocycles. The van der Waals surface area contributed by atoms with Crippen molar-refractivity contribution in [2.75, 3.05) is 6.61 Å². The van der Waals surface area contributed by atoms with Gasteiger partial charge in [0, 0.05) is 0 Å². The van der Waals surface area contributed by atoms with Gasteiger partial charge in [0.05, 0.1) is 6.61 Å². The van der Waals surface area contributed by atoms with Gasteiger partial charge in [0.15, 0.2) is 0 Å². The van der Waals surface area contributed by atoms with Crippen molar-refractivity contribution in [3.63, 3.8) is 0 Å². The zero-order valence-corrected chi connectivity index (χ0v) is 11.7. The molecule has 2 rings (SSSR count). The number of ether oxygens (including phenoxy) is 1. The minimum atomic E-state index is -0.168. The highest BCUT2D eigenvalue weighted by atomic mass is 19.1. The summed E-state index contributed by atoms with van der Waals surface area (Å²) in [6.07, 6.45) is 2.56. The van der Waals surface area contributed by atoms with Crippen molar-refractivity contribution in [1.29, 1.82) is 0 Å². The first-order valence-corrected chi connectivity index (χ1v) is 6.64. The highest BCUT2D eigenvalue weighted by molar-refractivity contribution is 5.28. The van der Waals surface area contributed by atoms with Crippen LogP contribution >= 0.6 is 0 Å². The van der Waals surface area contributed by atoms with Crippen molar-refractivity contribution in [3.05, 3.63) is 29.6 Å². The van der Waals surface area contributed by atoms with Crippen LogP contribution < -0.4 is 4.74 Å². The van der Waals surface area contributed by atoms with Crippen LogP contribution in [0.4, 0.5) is 4.39 Å². The second-order valence-electron chi connectivity index (χ2n) is 3.67. The Balaban J connectivity index is 0.000000581. The maximum atomic E-state index is 12.9.